The highest BCUT2D eigenvalue weighted by Crippen LogP contribution is 2.29. The molecule has 1 heterocycles. The Bertz CT molecular complexity index is 647. The van der Waals surface area contributed by atoms with E-state index in [1.54, 1.807) is 18.2 Å². The molecule has 1 aromatic heterocycles. The quantitative estimate of drug-likeness (QED) is 0.930. The fourth-order valence-electron chi connectivity index (χ4n) is 2.07. The van der Waals surface area contributed by atoms with Crippen molar-refractivity contribution in [2.24, 2.45) is 0 Å². The molecule has 3 nitrogen and oxygen atoms in total. The average Bonchev–Trinajstić information content (AvgIpc) is 3.10. The second-order valence-corrected chi connectivity index (χ2v) is 5.51. The Morgan fingerprint density at radius 3 is 2.67 bits per heavy atom. The number of hydrogen-bond donors (Lipinski definition) is 1. The van der Waals surface area contributed by atoms with Gasteiger partial charge in [-0.3, -0.25) is 0 Å². The van der Waals surface area contributed by atoms with E-state index in [1.165, 1.54) is 10.9 Å². The maximum atomic E-state index is 12.6. The molecular weight excluding hydrogens is 303 g/mol. The SMILES string of the molecule is FC(F)(F)c1ccn(-c2ccc(Cl)cc2CNC2CC2)n1. The highest BCUT2D eigenvalue weighted by molar-refractivity contribution is 6.30. The Labute approximate surface area is 124 Å². The lowest BCUT2D eigenvalue weighted by Crippen LogP contribution is -2.17. The Balaban J connectivity index is 1.90. The van der Waals surface area contributed by atoms with Crippen LogP contribution in [-0.4, -0.2) is 15.8 Å². The van der Waals surface area contributed by atoms with Gasteiger partial charge in [0.15, 0.2) is 5.69 Å². The summed E-state index contributed by atoms with van der Waals surface area (Å²) >= 11 is 5.98. The molecule has 1 fully saturated rings. The maximum absolute atomic E-state index is 12.6. The van der Waals surface area contributed by atoms with Crippen molar-refractivity contribution < 1.29 is 13.2 Å². The van der Waals surface area contributed by atoms with E-state index in [1.807, 2.05) is 0 Å². The van der Waals surface area contributed by atoms with Gasteiger partial charge in [-0.1, -0.05) is 11.6 Å². The first-order valence-corrected chi connectivity index (χ1v) is 6.96. The fourth-order valence-corrected chi connectivity index (χ4v) is 2.26. The van der Waals surface area contributed by atoms with Crippen LogP contribution in [0.4, 0.5) is 13.2 Å². The van der Waals surface area contributed by atoms with Gasteiger partial charge in [0.05, 0.1) is 5.69 Å². The van der Waals surface area contributed by atoms with Gasteiger partial charge in [-0.05, 0) is 42.7 Å². The van der Waals surface area contributed by atoms with Gasteiger partial charge in [0.1, 0.15) is 0 Å². The monoisotopic (exact) mass is 315 g/mol. The number of nitrogens with zero attached hydrogens (tertiary/aromatic N) is 2. The lowest BCUT2D eigenvalue weighted by molar-refractivity contribution is -0.141. The minimum atomic E-state index is -4.44. The summed E-state index contributed by atoms with van der Waals surface area (Å²) in [5.74, 6) is 0. The normalized spacial score (nSPS) is 15.4. The molecule has 0 radical (unpaired) electrons. The fraction of sp³-hybridized carbons (Fsp3) is 0.357. The Morgan fingerprint density at radius 2 is 2.05 bits per heavy atom. The van der Waals surface area contributed by atoms with Crippen molar-refractivity contribution >= 4 is 11.6 Å². The largest absolute Gasteiger partial charge is 0.435 e. The molecule has 112 valence electrons. The molecule has 1 N–H and O–H groups in total. The Hall–Kier alpha value is -1.53. The summed E-state index contributed by atoms with van der Waals surface area (Å²) in [5, 5.41) is 7.48. The van der Waals surface area contributed by atoms with E-state index in [-0.39, 0.29) is 0 Å². The van der Waals surface area contributed by atoms with E-state index < -0.39 is 11.9 Å². The van der Waals surface area contributed by atoms with E-state index in [0.717, 1.165) is 24.5 Å². The summed E-state index contributed by atoms with van der Waals surface area (Å²) in [6.45, 7) is 0.557. The van der Waals surface area contributed by atoms with Crippen LogP contribution >= 0.6 is 11.6 Å². The molecular formula is C14H13ClF3N3. The predicted octanol–water partition coefficient (Wildman–Crippen LogP) is 3.80. The molecule has 1 saturated carbocycles. The molecule has 2 aromatic rings. The van der Waals surface area contributed by atoms with Crippen molar-refractivity contribution in [1.82, 2.24) is 15.1 Å². The van der Waals surface area contributed by atoms with Gasteiger partial charge in [-0.25, -0.2) is 4.68 Å². The lowest BCUT2D eigenvalue weighted by Gasteiger charge is -2.11. The van der Waals surface area contributed by atoms with Crippen LogP contribution in [0.1, 0.15) is 24.1 Å². The van der Waals surface area contributed by atoms with Gasteiger partial charge in [0.25, 0.3) is 0 Å². The van der Waals surface area contributed by atoms with Crippen molar-refractivity contribution in [2.75, 3.05) is 0 Å². The molecule has 1 aliphatic carbocycles. The Morgan fingerprint density at radius 1 is 1.29 bits per heavy atom. The van der Waals surface area contributed by atoms with Gasteiger partial charge in [-0.2, -0.15) is 18.3 Å². The lowest BCUT2D eigenvalue weighted by atomic mass is 10.1. The smallest absolute Gasteiger partial charge is 0.310 e. The molecule has 0 bridgehead atoms. The second kappa shape index (κ2) is 5.35. The molecule has 1 aromatic carbocycles. The highest BCUT2D eigenvalue weighted by Gasteiger charge is 2.33. The first-order chi connectivity index (χ1) is 9.93. The van der Waals surface area contributed by atoms with Gasteiger partial charge < -0.3 is 5.32 Å². The van der Waals surface area contributed by atoms with E-state index in [0.29, 0.717) is 23.3 Å². The van der Waals surface area contributed by atoms with Crippen LogP contribution in [0.2, 0.25) is 5.02 Å². The molecule has 7 heteroatoms. The third-order valence-electron chi connectivity index (χ3n) is 3.33. The molecule has 21 heavy (non-hydrogen) atoms. The summed E-state index contributed by atoms with van der Waals surface area (Å²) in [6, 6.07) is 6.54. The van der Waals surface area contributed by atoms with Crippen LogP contribution in [-0.2, 0) is 12.7 Å². The minimum absolute atomic E-state index is 0.500. The summed E-state index contributed by atoms with van der Waals surface area (Å²) in [6.07, 6.45) is -0.859. The predicted molar refractivity (Wildman–Crippen MR) is 73.4 cm³/mol. The van der Waals surface area contributed by atoms with Crippen LogP contribution in [0, 0.1) is 0 Å². The zero-order valence-corrected chi connectivity index (χ0v) is 11.7. The third kappa shape index (κ3) is 3.39. The van der Waals surface area contributed by atoms with Crippen LogP contribution in [0.25, 0.3) is 5.69 Å². The molecule has 0 amide bonds. The number of halogens is 4. The van der Waals surface area contributed by atoms with Crippen molar-refractivity contribution in [3.8, 4) is 5.69 Å². The molecule has 0 saturated heterocycles. The molecule has 0 spiro atoms. The summed E-state index contributed by atoms with van der Waals surface area (Å²) in [7, 11) is 0. The Kier molecular flexibility index (Phi) is 3.67. The van der Waals surface area contributed by atoms with Gasteiger partial charge in [0.2, 0.25) is 0 Å². The van der Waals surface area contributed by atoms with Crippen molar-refractivity contribution in [1.29, 1.82) is 0 Å². The van der Waals surface area contributed by atoms with Crippen LogP contribution in [0.3, 0.4) is 0 Å². The molecule has 0 aliphatic heterocycles. The highest BCUT2D eigenvalue weighted by atomic mass is 35.5. The topological polar surface area (TPSA) is 29.9 Å². The average molecular weight is 316 g/mol. The van der Waals surface area contributed by atoms with Crippen LogP contribution < -0.4 is 5.32 Å². The minimum Gasteiger partial charge on any atom is -0.310 e. The first kappa shape index (κ1) is 14.4. The van der Waals surface area contributed by atoms with Crippen LogP contribution in [0.15, 0.2) is 30.5 Å². The number of rotatable bonds is 4. The number of nitrogens with one attached hydrogen (secondary N) is 1. The summed E-state index contributed by atoms with van der Waals surface area (Å²) < 4.78 is 39.1. The molecule has 0 unspecified atom stereocenters. The number of benzene rings is 1. The standard InChI is InChI=1S/C14H13ClF3N3/c15-10-1-4-12(9(7-10)8-19-11-2-3-11)21-6-5-13(20-21)14(16,17)18/h1,4-7,11,19H,2-3,8H2. The van der Waals surface area contributed by atoms with Crippen molar-refractivity contribution in [2.45, 2.75) is 31.6 Å². The zero-order chi connectivity index (χ0) is 15.0. The van der Waals surface area contributed by atoms with E-state index in [2.05, 4.69) is 10.4 Å². The van der Waals surface area contributed by atoms with Crippen LogP contribution in [0.5, 0.6) is 0 Å². The number of alkyl halides is 3. The maximum Gasteiger partial charge on any atom is 0.435 e. The van der Waals surface area contributed by atoms with Gasteiger partial charge in [0, 0.05) is 23.8 Å². The third-order valence-corrected chi connectivity index (χ3v) is 3.56. The summed E-state index contributed by atoms with van der Waals surface area (Å²) in [4.78, 5) is 0. The van der Waals surface area contributed by atoms with Crippen molar-refractivity contribution in [3.05, 3.63) is 46.7 Å². The molecule has 3 rings (SSSR count). The number of hydrogen-bond acceptors (Lipinski definition) is 2. The van der Waals surface area contributed by atoms with Gasteiger partial charge in [-0.15, -0.1) is 0 Å². The molecule has 0 atom stereocenters. The van der Waals surface area contributed by atoms with E-state index in [9.17, 15) is 13.2 Å². The summed E-state index contributed by atoms with van der Waals surface area (Å²) in [5.41, 5.74) is 0.521. The van der Waals surface area contributed by atoms with E-state index in [4.69, 9.17) is 11.6 Å². The van der Waals surface area contributed by atoms with Gasteiger partial charge >= 0.3 is 6.18 Å². The molecule has 1 aliphatic rings. The number of aromatic nitrogens is 2. The second-order valence-electron chi connectivity index (χ2n) is 5.07. The zero-order valence-electron chi connectivity index (χ0n) is 11.0. The van der Waals surface area contributed by atoms with Crippen molar-refractivity contribution in [3.63, 3.8) is 0 Å². The first-order valence-electron chi connectivity index (χ1n) is 6.58. The van der Waals surface area contributed by atoms with E-state index >= 15 is 0 Å².